The molecule has 3 N–H and O–H groups in total. The van der Waals surface area contributed by atoms with E-state index in [1.807, 2.05) is 18.3 Å². The van der Waals surface area contributed by atoms with Crippen molar-refractivity contribution in [1.82, 2.24) is 10.3 Å². The zero-order valence-electron chi connectivity index (χ0n) is 8.37. The Morgan fingerprint density at radius 1 is 1.36 bits per heavy atom. The van der Waals surface area contributed by atoms with Gasteiger partial charge in [-0.25, -0.2) is 4.98 Å². The molecule has 2 rings (SSSR count). The summed E-state index contributed by atoms with van der Waals surface area (Å²) >= 11 is 0. The number of nitrogens with zero attached hydrogens (tertiary/aromatic N) is 1. The minimum Gasteiger partial charge on any atom is -0.384 e. The minimum atomic E-state index is 0.592. The van der Waals surface area contributed by atoms with Crippen LogP contribution in [0.3, 0.4) is 0 Å². The molecule has 14 heavy (non-hydrogen) atoms. The molecule has 0 saturated heterocycles. The molecule has 0 aromatic carbocycles. The largest absolute Gasteiger partial charge is 0.384 e. The molecule has 1 aliphatic carbocycles. The molecule has 1 fully saturated rings. The maximum absolute atomic E-state index is 5.51. The maximum Gasteiger partial charge on any atom is 0.123 e. The third-order valence-corrected chi connectivity index (χ3v) is 2.80. The first kappa shape index (κ1) is 9.46. The van der Waals surface area contributed by atoms with Gasteiger partial charge in [0.15, 0.2) is 0 Å². The summed E-state index contributed by atoms with van der Waals surface area (Å²) in [6.07, 6.45) is 7.23. The molecule has 0 unspecified atom stereocenters. The molecule has 0 aliphatic heterocycles. The second-order valence-corrected chi connectivity index (χ2v) is 3.95. The summed E-state index contributed by atoms with van der Waals surface area (Å²) in [5.41, 5.74) is 6.73. The van der Waals surface area contributed by atoms with Crippen molar-refractivity contribution in [2.45, 2.75) is 38.3 Å². The fraction of sp³-hybridized carbons (Fsp3) is 0.545. The van der Waals surface area contributed by atoms with Crippen LogP contribution in [0.4, 0.5) is 5.82 Å². The minimum absolute atomic E-state index is 0.592. The number of pyridine rings is 1. The zero-order chi connectivity index (χ0) is 9.80. The van der Waals surface area contributed by atoms with Gasteiger partial charge in [-0.3, -0.25) is 0 Å². The number of nitrogen functional groups attached to an aromatic ring is 1. The Morgan fingerprint density at radius 2 is 2.14 bits per heavy atom. The lowest BCUT2D eigenvalue weighted by atomic mass is 10.2. The molecular formula is C11H17N3. The Hall–Kier alpha value is -1.09. The smallest absolute Gasteiger partial charge is 0.123 e. The molecule has 76 valence electrons. The van der Waals surface area contributed by atoms with Gasteiger partial charge in [0.2, 0.25) is 0 Å². The number of rotatable bonds is 3. The first-order valence-electron chi connectivity index (χ1n) is 5.28. The van der Waals surface area contributed by atoms with Crippen LogP contribution in [0.2, 0.25) is 0 Å². The molecule has 1 heterocycles. The SMILES string of the molecule is Nc1ccc(CNC2CCCC2)cn1. The molecule has 1 aromatic rings. The number of aromatic nitrogens is 1. The molecule has 1 aromatic heterocycles. The van der Waals surface area contributed by atoms with Gasteiger partial charge in [-0.1, -0.05) is 18.9 Å². The van der Waals surface area contributed by atoms with Crippen molar-refractivity contribution in [1.29, 1.82) is 0 Å². The molecule has 0 bridgehead atoms. The number of nitrogens with one attached hydrogen (secondary N) is 1. The number of nitrogens with two attached hydrogens (primary N) is 1. The molecule has 0 spiro atoms. The summed E-state index contributed by atoms with van der Waals surface area (Å²) in [5.74, 6) is 0.592. The molecule has 3 nitrogen and oxygen atoms in total. The van der Waals surface area contributed by atoms with Gasteiger partial charge in [0.1, 0.15) is 5.82 Å². The standard InChI is InChI=1S/C11H17N3/c12-11-6-5-9(8-14-11)7-13-10-3-1-2-4-10/h5-6,8,10,13H,1-4,7H2,(H2,12,14). The van der Waals surface area contributed by atoms with Crippen LogP contribution < -0.4 is 11.1 Å². The van der Waals surface area contributed by atoms with Crippen LogP contribution in [0.25, 0.3) is 0 Å². The van der Waals surface area contributed by atoms with Crippen molar-refractivity contribution in [3.8, 4) is 0 Å². The van der Waals surface area contributed by atoms with Crippen molar-refractivity contribution in [2.24, 2.45) is 0 Å². The maximum atomic E-state index is 5.51. The Kier molecular flexibility index (Phi) is 2.99. The van der Waals surface area contributed by atoms with Crippen LogP contribution in [-0.4, -0.2) is 11.0 Å². The van der Waals surface area contributed by atoms with Crippen LogP contribution >= 0.6 is 0 Å². The van der Waals surface area contributed by atoms with E-state index in [1.54, 1.807) is 0 Å². The van der Waals surface area contributed by atoms with Crippen LogP contribution in [0.1, 0.15) is 31.2 Å². The van der Waals surface area contributed by atoms with E-state index in [1.165, 1.54) is 31.2 Å². The van der Waals surface area contributed by atoms with Crippen molar-refractivity contribution in [3.05, 3.63) is 23.9 Å². The van der Waals surface area contributed by atoms with Gasteiger partial charge in [0.05, 0.1) is 0 Å². The van der Waals surface area contributed by atoms with Gasteiger partial charge >= 0.3 is 0 Å². The van der Waals surface area contributed by atoms with Gasteiger partial charge in [-0.15, -0.1) is 0 Å². The van der Waals surface area contributed by atoms with Crippen molar-refractivity contribution < 1.29 is 0 Å². The Labute approximate surface area is 84.7 Å². The molecule has 3 heteroatoms. The molecule has 1 saturated carbocycles. The monoisotopic (exact) mass is 191 g/mol. The van der Waals surface area contributed by atoms with E-state index in [9.17, 15) is 0 Å². The topological polar surface area (TPSA) is 50.9 Å². The second kappa shape index (κ2) is 4.42. The van der Waals surface area contributed by atoms with Crippen molar-refractivity contribution >= 4 is 5.82 Å². The van der Waals surface area contributed by atoms with Crippen LogP contribution in [0.15, 0.2) is 18.3 Å². The predicted octanol–water partition coefficient (Wildman–Crippen LogP) is 1.70. The van der Waals surface area contributed by atoms with Crippen molar-refractivity contribution in [2.75, 3.05) is 5.73 Å². The Balaban J connectivity index is 1.82. The third kappa shape index (κ3) is 2.45. The van der Waals surface area contributed by atoms with Gasteiger partial charge in [-0.2, -0.15) is 0 Å². The highest BCUT2D eigenvalue weighted by atomic mass is 14.9. The predicted molar refractivity (Wildman–Crippen MR) is 57.7 cm³/mol. The van der Waals surface area contributed by atoms with Gasteiger partial charge < -0.3 is 11.1 Å². The number of hydrogen-bond donors (Lipinski definition) is 2. The van der Waals surface area contributed by atoms with Crippen LogP contribution in [-0.2, 0) is 6.54 Å². The molecular weight excluding hydrogens is 174 g/mol. The molecule has 1 aliphatic rings. The lowest BCUT2D eigenvalue weighted by Gasteiger charge is -2.11. The summed E-state index contributed by atoms with van der Waals surface area (Å²) in [5, 5.41) is 3.54. The van der Waals surface area contributed by atoms with Crippen LogP contribution in [0.5, 0.6) is 0 Å². The first-order chi connectivity index (χ1) is 6.84. The summed E-state index contributed by atoms with van der Waals surface area (Å²) in [7, 11) is 0. The summed E-state index contributed by atoms with van der Waals surface area (Å²) < 4.78 is 0. The molecule has 0 amide bonds. The van der Waals surface area contributed by atoms with E-state index in [0.717, 1.165) is 6.54 Å². The van der Waals surface area contributed by atoms with Crippen LogP contribution in [0, 0.1) is 0 Å². The first-order valence-corrected chi connectivity index (χ1v) is 5.28. The van der Waals surface area contributed by atoms with E-state index in [4.69, 9.17) is 5.73 Å². The van der Waals surface area contributed by atoms with Gasteiger partial charge in [-0.05, 0) is 24.5 Å². The average molecular weight is 191 g/mol. The second-order valence-electron chi connectivity index (χ2n) is 3.95. The number of anilines is 1. The van der Waals surface area contributed by atoms with E-state index in [0.29, 0.717) is 11.9 Å². The van der Waals surface area contributed by atoms with E-state index in [-0.39, 0.29) is 0 Å². The van der Waals surface area contributed by atoms with Gasteiger partial charge in [0.25, 0.3) is 0 Å². The normalized spacial score (nSPS) is 17.4. The van der Waals surface area contributed by atoms with E-state index >= 15 is 0 Å². The zero-order valence-corrected chi connectivity index (χ0v) is 8.37. The van der Waals surface area contributed by atoms with Gasteiger partial charge in [0, 0.05) is 18.8 Å². The highest BCUT2D eigenvalue weighted by Crippen LogP contribution is 2.17. The highest BCUT2D eigenvalue weighted by molar-refractivity contribution is 5.29. The molecule has 0 atom stereocenters. The van der Waals surface area contributed by atoms with E-state index in [2.05, 4.69) is 10.3 Å². The summed E-state index contributed by atoms with van der Waals surface area (Å²) in [6.45, 7) is 0.915. The summed E-state index contributed by atoms with van der Waals surface area (Å²) in [6, 6.07) is 4.60. The van der Waals surface area contributed by atoms with Crippen molar-refractivity contribution in [3.63, 3.8) is 0 Å². The number of hydrogen-bond acceptors (Lipinski definition) is 3. The highest BCUT2D eigenvalue weighted by Gasteiger charge is 2.13. The average Bonchev–Trinajstić information content (AvgIpc) is 2.70. The summed E-state index contributed by atoms with van der Waals surface area (Å²) in [4.78, 5) is 4.06. The Morgan fingerprint density at radius 3 is 2.79 bits per heavy atom. The lowest BCUT2D eigenvalue weighted by molar-refractivity contribution is 0.524. The fourth-order valence-corrected chi connectivity index (χ4v) is 1.93. The Bertz CT molecular complexity index is 275. The quantitative estimate of drug-likeness (QED) is 0.764. The lowest BCUT2D eigenvalue weighted by Crippen LogP contribution is -2.25. The fourth-order valence-electron chi connectivity index (χ4n) is 1.93. The van der Waals surface area contributed by atoms with E-state index < -0.39 is 0 Å². The third-order valence-electron chi connectivity index (χ3n) is 2.80. The molecule has 0 radical (unpaired) electrons.